The number of halogens is 2. The van der Waals surface area contributed by atoms with E-state index in [4.69, 9.17) is 11.6 Å². The van der Waals surface area contributed by atoms with Crippen LogP contribution >= 0.6 is 22.9 Å². The van der Waals surface area contributed by atoms with Crippen LogP contribution in [0.1, 0.15) is 15.2 Å². The lowest BCUT2D eigenvalue weighted by atomic mass is 10.1. The van der Waals surface area contributed by atoms with Gasteiger partial charge in [0.2, 0.25) is 0 Å². The third kappa shape index (κ3) is 1.86. The zero-order chi connectivity index (χ0) is 13.6. The number of carbonyl (C=O) groups excluding carboxylic acids is 2. The number of thiophene rings is 1. The Morgan fingerprint density at radius 1 is 1.26 bits per heavy atom. The summed E-state index contributed by atoms with van der Waals surface area (Å²) in [4.78, 5) is 25.8. The number of amides is 1. The second-order valence-corrected chi connectivity index (χ2v) is 5.49. The summed E-state index contributed by atoms with van der Waals surface area (Å²) >= 11 is 7.32. The summed E-state index contributed by atoms with van der Waals surface area (Å²) in [6.07, 6.45) is 0. The number of benzene rings is 1. The monoisotopic (exact) mass is 295 g/mol. The molecule has 96 valence electrons. The average Bonchev–Trinajstić information content (AvgIpc) is 2.97. The van der Waals surface area contributed by atoms with E-state index in [1.165, 1.54) is 17.4 Å². The lowest BCUT2D eigenvalue weighted by Crippen LogP contribution is -2.29. The van der Waals surface area contributed by atoms with Crippen LogP contribution in [-0.4, -0.2) is 11.7 Å². The summed E-state index contributed by atoms with van der Waals surface area (Å²) in [5, 5.41) is 1.95. The van der Waals surface area contributed by atoms with E-state index in [1.807, 2.05) is 17.5 Å². The number of rotatable bonds is 2. The Morgan fingerprint density at radius 2 is 2.05 bits per heavy atom. The predicted molar refractivity (Wildman–Crippen MR) is 71.2 cm³/mol. The molecule has 2 heterocycles. The molecular formula is C13H7ClFNO2S. The summed E-state index contributed by atoms with van der Waals surface area (Å²) < 4.78 is 13.9. The molecule has 0 unspecified atom stereocenters. The van der Waals surface area contributed by atoms with Crippen molar-refractivity contribution in [2.45, 2.75) is 6.54 Å². The summed E-state index contributed by atoms with van der Waals surface area (Å²) in [6.45, 7) is 0.173. The van der Waals surface area contributed by atoms with E-state index in [0.717, 1.165) is 15.8 Å². The smallest absolute Gasteiger partial charge is 0.297 e. The quantitative estimate of drug-likeness (QED) is 0.798. The van der Waals surface area contributed by atoms with Gasteiger partial charge in [-0.15, -0.1) is 11.3 Å². The SMILES string of the molecule is O=C1C(=O)N(Cc2cccs2)c2c(F)ccc(Cl)c21. The van der Waals surface area contributed by atoms with E-state index in [2.05, 4.69) is 0 Å². The number of anilines is 1. The lowest BCUT2D eigenvalue weighted by molar-refractivity contribution is -0.114. The van der Waals surface area contributed by atoms with Crippen molar-refractivity contribution in [3.63, 3.8) is 0 Å². The van der Waals surface area contributed by atoms with E-state index in [1.54, 1.807) is 0 Å². The number of nitrogens with zero attached hydrogens (tertiary/aromatic N) is 1. The Labute approximate surface area is 117 Å². The average molecular weight is 296 g/mol. The number of ketones is 1. The molecule has 0 bridgehead atoms. The maximum Gasteiger partial charge on any atom is 0.299 e. The largest absolute Gasteiger partial charge is 0.299 e. The molecule has 0 spiro atoms. The van der Waals surface area contributed by atoms with Crippen LogP contribution in [0, 0.1) is 5.82 Å². The van der Waals surface area contributed by atoms with Crippen LogP contribution in [0.3, 0.4) is 0 Å². The fraction of sp³-hybridized carbons (Fsp3) is 0.0769. The second kappa shape index (κ2) is 4.43. The maximum atomic E-state index is 13.9. The molecule has 0 saturated heterocycles. The predicted octanol–water partition coefficient (Wildman–Crippen LogP) is 3.27. The molecule has 1 aromatic heterocycles. The summed E-state index contributed by atoms with van der Waals surface area (Å²) in [5.74, 6) is -2.11. The Morgan fingerprint density at radius 3 is 2.74 bits per heavy atom. The Hall–Kier alpha value is -1.72. The van der Waals surface area contributed by atoms with Crippen LogP contribution in [-0.2, 0) is 11.3 Å². The highest BCUT2D eigenvalue weighted by molar-refractivity contribution is 7.09. The molecule has 1 aliphatic heterocycles. The highest BCUT2D eigenvalue weighted by Gasteiger charge is 2.39. The number of hydrogen-bond donors (Lipinski definition) is 0. The van der Waals surface area contributed by atoms with Crippen LogP contribution in [0.4, 0.5) is 10.1 Å². The van der Waals surface area contributed by atoms with Crippen molar-refractivity contribution in [1.29, 1.82) is 0 Å². The Balaban J connectivity index is 2.12. The van der Waals surface area contributed by atoms with Crippen LogP contribution in [0.2, 0.25) is 5.02 Å². The summed E-state index contributed by atoms with van der Waals surface area (Å²) in [6, 6.07) is 6.10. The first-order valence-electron chi connectivity index (χ1n) is 5.46. The number of carbonyl (C=O) groups is 2. The number of fused-ring (bicyclic) bond motifs is 1. The standard InChI is InChI=1S/C13H7ClFNO2S/c14-8-3-4-9(15)11-10(8)12(17)13(18)16(11)6-7-2-1-5-19-7/h1-5H,6H2. The van der Waals surface area contributed by atoms with Gasteiger partial charge in [0, 0.05) is 4.88 Å². The zero-order valence-corrected chi connectivity index (χ0v) is 11.1. The lowest BCUT2D eigenvalue weighted by Gasteiger charge is -2.16. The van der Waals surface area contributed by atoms with E-state index >= 15 is 0 Å². The van der Waals surface area contributed by atoms with Crippen molar-refractivity contribution in [3.05, 3.63) is 50.9 Å². The van der Waals surface area contributed by atoms with Crippen LogP contribution in [0.15, 0.2) is 29.6 Å². The van der Waals surface area contributed by atoms with Crippen molar-refractivity contribution in [2.75, 3.05) is 4.90 Å². The highest BCUT2D eigenvalue weighted by atomic mass is 35.5. The van der Waals surface area contributed by atoms with Gasteiger partial charge in [-0.1, -0.05) is 17.7 Å². The van der Waals surface area contributed by atoms with Crippen molar-refractivity contribution >= 4 is 40.3 Å². The van der Waals surface area contributed by atoms with Crippen molar-refractivity contribution in [3.8, 4) is 0 Å². The van der Waals surface area contributed by atoms with Gasteiger partial charge in [-0.2, -0.15) is 0 Å². The molecule has 0 N–H and O–H groups in total. The van der Waals surface area contributed by atoms with Crippen molar-refractivity contribution in [1.82, 2.24) is 0 Å². The van der Waals surface area contributed by atoms with E-state index in [-0.39, 0.29) is 22.8 Å². The molecule has 0 atom stereocenters. The van der Waals surface area contributed by atoms with Crippen LogP contribution < -0.4 is 4.90 Å². The van der Waals surface area contributed by atoms with Crippen LogP contribution in [0.25, 0.3) is 0 Å². The fourth-order valence-electron chi connectivity index (χ4n) is 2.06. The van der Waals surface area contributed by atoms with Gasteiger partial charge in [0.1, 0.15) is 5.82 Å². The topological polar surface area (TPSA) is 37.4 Å². The molecule has 1 aliphatic rings. The van der Waals surface area contributed by atoms with Crippen molar-refractivity contribution < 1.29 is 14.0 Å². The van der Waals surface area contributed by atoms with Gasteiger partial charge in [-0.3, -0.25) is 14.5 Å². The first kappa shape index (κ1) is 12.3. The molecule has 3 rings (SSSR count). The van der Waals surface area contributed by atoms with Gasteiger partial charge in [0.15, 0.2) is 0 Å². The van der Waals surface area contributed by atoms with Crippen molar-refractivity contribution in [2.24, 2.45) is 0 Å². The van der Waals surface area contributed by atoms with Gasteiger partial charge in [0.05, 0.1) is 22.8 Å². The molecule has 0 fully saturated rings. The molecule has 0 saturated carbocycles. The van der Waals surface area contributed by atoms with Gasteiger partial charge >= 0.3 is 0 Å². The van der Waals surface area contributed by atoms with Gasteiger partial charge < -0.3 is 0 Å². The molecular weight excluding hydrogens is 289 g/mol. The first-order valence-corrected chi connectivity index (χ1v) is 6.72. The number of Topliss-reactive ketones (excluding diaryl/α,β-unsaturated/α-hetero) is 1. The molecule has 0 aliphatic carbocycles. The summed E-state index contributed by atoms with van der Waals surface area (Å²) in [7, 11) is 0. The third-order valence-corrected chi connectivity index (χ3v) is 4.08. The normalized spacial score (nSPS) is 14.1. The van der Waals surface area contributed by atoms with Gasteiger partial charge in [-0.25, -0.2) is 4.39 Å². The van der Waals surface area contributed by atoms with E-state index < -0.39 is 17.5 Å². The van der Waals surface area contributed by atoms with Crippen LogP contribution in [0.5, 0.6) is 0 Å². The molecule has 1 aromatic carbocycles. The van der Waals surface area contributed by atoms with E-state index in [9.17, 15) is 14.0 Å². The zero-order valence-electron chi connectivity index (χ0n) is 9.52. The molecule has 2 aromatic rings. The van der Waals surface area contributed by atoms with Gasteiger partial charge in [0.25, 0.3) is 11.7 Å². The fourth-order valence-corrected chi connectivity index (χ4v) is 2.99. The van der Waals surface area contributed by atoms with Gasteiger partial charge in [-0.05, 0) is 23.6 Å². The molecule has 1 amide bonds. The number of hydrogen-bond acceptors (Lipinski definition) is 3. The highest BCUT2D eigenvalue weighted by Crippen LogP contribution is 2.37. The minimum Gasteiger partial charge on any atom is -0.297 e. The summed E-state index contributed by atoms with van der Waals surface area (Å²) in [5.41, 5.74) is -0.0564. The first-order chi connectivity index (χ1) is 9.09. The molecule has 6 heteroatoms. The van der Waals surface area contributed by atoms with E-state index in [0.29, 0.717) is 0 Å². The second-order valence-electron chi connectivity index (χ2n) is 4.05. The molecule has 19 heavy (non-hydrogen) atoms. The molecule has 3 nitrogen and oxygen atoms in total. The third-order valence-electron chi connectivity index (χ3n) is 2.91. The maximum absolute atomic E-state index is 13.9. The Bertz CT molecular complexity index is 684. The minimum atomic E-state index is -0.754. The molecule has 0 radical (unpaired) electrons. The minimum absolute atomic E-state index is 0.0177. The Kier molecular flexibility index (Phi) is 2.88.